The van der Waals surface area contributed by atoms with E-state index in [1.807, 2.05) is 0 Å². The topological polar surface area (TPSA) is 12.0 Å². The third-order valence-electron chi connectivity index (χ3n) is 2.80. The third-order valence-corrected chi connectivity index (χ3v) is 4.21. The SMILES string of the molecule is C1CC(CSCC2CNC2)C1. The van der Waals surface area contributed by atoms with Crippen molar-refractivity contribution in [3.63, 3.8) is 0 Å². The van der Waals surface area contributed by atoms with Gasteiger partial charge in [0.05, 0.1) is 0 Å². The van der Waals surface area contributed by atoms with E-state index in [0.717, 1.165) is 11.8 Å². The van der Waals surface area contributed by atoms with Gasteiger partial charge in [-0.1, -0.05) is 6.42 Å². The van der Waals surface area contributed by atoms with Crippen LogP contribution in [0.15, 0.2) is 0 Å². The summed E-state index contributed by atoms with van der Waals surface area (Å²) in [6.07, 6.45) is 4.52. The first-order valence-electron chi connectivity index (χ1n) is 4.73. The second kappa shape index (κ2) is 3.81. The molecule has 1 aliphatic carbocycles. The molecule has 0 amide bonds. The normalized spacial score (nSPS) is 26.2. The fraction of sp³-hybridized carbons (Fsp3) is 1.00. The molecule has 2 heteroatoms. The van der Waals surface area contributed by atoms with Crippen molar-refractivity contribution in [1.82, 2.24) is 5.32 Å². The van der Waals surface area contributed by atoms with Gasteiger partial charge < -0.3 is 5.32 Å². The molecule has 0 aromatic heterocycles. The molecule has 1 heterocycles. The zero-order valence-electron chi connectivity index (χ0n) is 7.01. The molecule has 0 aromatic carbocycles. The third kappa shape index (κ3) is 2.12. The Morgan fingerprint density at radius 1 is 1.09 bits per heavy atom. The second-order valence-corrected chi connectivity index (χ2v) is 4.93. The van der Waals surface area contributed by atoms with E-state index >= 15 is 0 Å². The van der Waals surface area contributed by atoms with Crippen molar-refractivity contribution in [2.45, 2.75) is 19.3 Å². The molecule has 1 saturated carbocycles. The molecule has 1 aliphatic heterocycles. The van der Waals surface area contributed by atoms with Crippen LogP contribution in [0.5, 0.6) is 0 Å². The van der Waals surface area contributed by atoms with Crippen molar-refractivity contribution in [1.29, 1.82) is 0 Å². The van der Waals surface area contributed by atoms with Gasteiger partial charge in [0.15, 0.2) is 0 Å². The molecule has 2 fully saturated rings. The van der Waals surface area contributed by atoms with E-state index < -0.39 is 0 Å². The van der Waals surface area contributed by atoms with Crippen molar-refractivity contribution in [3.8, 4) is 0 Å². The van der Waals surface area contributed by atoms with Gasteiger partial charge in [-0.2, -0.15) is 11.8 Å². The van der Waals surface area contributed by atoms with Crippen molar-refractivity contribution in [2.75, 3.05) is 24.6 Å². The Hall–Kier alpha value is 0.310. The van der Waals surface area contributed by atoms with E-state index in [2.05, 4.69) is 17.1 Å². The number of rotatable bonds is 4. The van der Waals surface area contributed by atoms with E-state index in [1.165, 1.54) is 43.9 Å². The predicted molar refractivity (Wildman–Crippen MR) is 51.0 cm³/mol. The van der Waals surface area contributed by atoms with Gasteiger partial charge in [0.1, 0.15) is 0 Å². The van der Waals surface area contributed by atoms with Crippen molar-refractivity contribution in [3.05, 3.63) is 0 Å². The highest BCUT2D eigenvalue weighted by atomic mass is 32.2. The minimum Gasteiger partial charge on any atom is -0.316 e. The summed E-state index contributed by atoms with van der Waals surface area (Å²) in [4.78, 5) is 0. The second-order valence-electron chi connectivity index (χ2n) is 3.86. The Morgan fingerprint density at radius 3 is 2.27 bits per heavy atom. The average molecular weight is 171 g/mol. The molecule has 0 atom stereocenters. The largest absolute Gasteiger partial charge is 0.316 e. The average Bonchev–Trinajstić information content (AvgIpc) is 1.79. The van der Waals surface area contributed by atoms with Gasteiger partial charge in [-0.15, -0.1) is 0 Å². The minimum absolute atomic E-state index is 1.00. The lowest BCUT2D eigenvalue weighted by molar-refractivity contribution is 0.351. The molecular weight excluding hydrogens is 154 g/mol. The van der Waals surface area contributed by atoms with Crippen LogP contribution in [-0.2, 0) is 0 Å². The number of nitrogens with one attached hydrogen (secondary N) is 1. The van der Waals surface area contributed by atoms with Crippen LogP contribution >= 0.6 is 11.8 Å². The first kappa shape index (κ1) is 7.93. The lowest BCUT2D eigenvalue weighted by atomic mass is 9.87. The van der Waals surface area contributed by atoms with E-state index in [1.54, 1.807) is 0 Å². The van der Waals surface area contributed by atoms with E-state index in [9.17, 15) is 0 Å². The fourth-order valence-corrected chi connectivity index (χ4v) is 2.90. The van der Waals surface area contributed by atoms with Crippen molar-refractivity contribution in [2.24, 2.45) is 11.8 Å². The summed E-state index contributed by atoms with van der Waals surface area (Å²) in [7, 11) is 0. The van der Waals surface area contributed by atoms with Crippen LogP contribution in [0.3, 0.4) is 0 Å². The molecule has 0 radical (unpaired) electrons. The predicted octanol–water partition coefficient (Wildman–Crippen LogP) is 1.74. The van der Waals surface area contributed by atoms with Crippen LogP contribution in [0, 0.1) is 11.8 Å². The molecule has 11 heavy (non-hydrogen) atoms. The lowest BCUT2D eigenvalue weighted by Crippen LogP contribution is -2.43. The maximum Gasteiger partial charge on any atom is -0.0000326 e. The highest BCUT2D eigenvalue weighted by Gasteiger charge is 2.20. The van der Waals surface area contributed by atoms with Gasteiger partial charge in [0, 0.05) is 0 Å². The van der Waals surface area contributed by atoms with Crippen molar-refractivity contribution < 1.29 is 0 Å². The first-order chi connectivity index (χ1) is 5.45. The highest BCUT2D eigenvalue weighted by Crippen LogP contribution is 2.30. The van der Waals surface area contributed by atoms with Gasteiger partial charge in [-0.25, -0.2) is 0 Å². The van der Waals surface area contributed by atoms with Crippen LogP contribution in [-0.4, -0.2) is 24.6 Å². The van der Waals surface area contributed by atoms with E-state index in [4.69, 9.17) is 0 Å². The lowest BCUT2D eigenvalue weighted by Gasteiger charge is -2.29. The van der Waals surface area contributed by atoms with Gasteiger partial charge in [0.2, 0.25) is 0 Å². The van der Waals surface area contributed by atoms with Crippen LogP contribution in [0.1, 0.15) is 19.3 Å². The van der Waals surface area contributed by atoms with Crippen LogP contribution in [0.4, 0.5) is 0 Å². The summed E-state index contributed by atoms with van der Waals surface area (Å²) in [5.41, 5.74) is 0. The Labute approximate surface area is 73.3 Å². The molecule has 64 valence electrons. The fourth-order valence-electron chi connectivity index (χ4n) is 1.53. The van der Waals surface area contributed by atoms with Gasteiger partial charge in [-0.3, -0.25) is 0 Å². The Morgan fingerprint density at radius 2 is 1.82 bits per heavy atom. The summed E-state index contributed by atoms with van der Waals surface area (Å²) in [5.74, 6) is 4.94. The zero-order valence-corrected chi connectivity index (χ0v) is 7.83. The molecular formula is C9H17NS. The molecule has 2 rings (SSSR count). The Kier molecular flexibility index (Phi) is 2.75. The first-order valence-corrected chi connectivity index (χ1v) is 5.89. The van der Waals surface area contributed by atoms with Crippen LogP contribution in [0.25, 0.3) is 0 Å². The molecule has 0 aromatic rings. The summed E-state index contributed by atoms with van der Waals surface area (Å²) >= 11 is 2.18. The molecule has 1 nitrogen and oxygen atoms in total. The quantitative estimate of drug-likeness (QED) is 0.691. The van der Waals surface area contributed by atoms with E-state index in [-0.39, 0.29) is 0 Å². The summed E-state index contributed by atoms with van der Waals surface area (Å²) in [5, 5.41) is 3.31. The number of hydrogen-bond donors (Lipinski definition) is 1. The number of hydrogen-bond acceptors (Lipinski definition) is 2. The molecule has 1 saturated heterocycles. The Bertz CT molecular complexity index is 105. The van der Waals surface area contributed by atoms with Gasteiger partial charge >= 0.3 is 0 Å². The summed E-state index contributed by atoms with van der Waals surface area (Å²) < 4.78 is 0. The van der Waals surface area contributed by atoms with Gasteiger partial charge in [-0.05, 0) is 49.3 Å². The van der Waals surface area contributed by atoms with Crippen molar-refractivity contribution >= 4 is 11.8 Å². The molecule has 1 N–H and O–H groups in total. The summed E-state index contributed by atoms with van der Waals surface area (Å²) in [6, 6.07) is 0. The smallest absolute Gasteiger partial charge is 0.0000326 e. The minimum atomic E-state index is 1.00. The number of thioether (sulfide) groups is 1. The molecule has 0 spiro atoms. The maximum atomic E-state index is 3.31. The molecule has 2 aliphatic rings. The monoisotopic (exact) mass is 171 g/mol. The molecule has 0 bridgehead atoms. The van der Waals surface area contributed by atoms with E-state index in [0.29, 0.717) is 0 Å². The maximum absolute atomic E-state index is 3.31. The summed E-state index contributed by atoms with van der Waals surface area (Å²) in [6.45, 7) is 2.55. The Balaban J connectivity index is 1.46. The molecule has 0 unspecified atom stereocenters. The van der Waals surface area contributed by atoms with Crippen LogP contribution in [0.2, 0.25) is 0 Å². The zero-order chi connectivity index (χ0) is 7.52. The highest BCUT2D eigenvalue weighted by molar-refractivity contribution is 7.99. The van der Waals surface area contributed by atoms with Gasteiger partial charge in [0.25, 0.3) is 0 Å². The van der Waals surface area contributed by atoms with Crippen LogP contribution < -0.4 is 5.32 Å². The standard InChI is InChI=1S/C9H17NS/c1-2-8(3-1)6-11-7-9-4-10-5-9/h8-10H,1-7H2.